The number of aromatic carboxylic acids is 1. The van der Waals surface area contributed by atoms with E-state index in [2.05, 4.69) is 12.0 Å². The van der Waals surface area contributed by atoms with Gasteiger partial charge < -0.3 is 9.84 Å². The zero-order valence-electron chi connectivity index (χ0n) is 11.2. The molecule has 0 spiro atoms. The number of hydrogen-bond donors (Lipinski definition) is 1. The Balaban J connectivity index is 2.48. The lowest BCUT2D eigenvalue weighted by atomic mass is 10.1. The van der Waals surface area contributed by atoms with Crippen molar-refractivity contribution >= 4 is 16.9 Å². The van der Waals surface area contributed by atoms with Crippen LogP contribution >= 0.6 is 0 Å². The lowest BCUT2D eigenvalue weighted by Gasteiger charge is -2.07. The first-order valence-electron chi connectivity index (χ1n) is 6.54. The molecule has 5 nitrogen and oxygen atoms in total. The summed E-state index contributed by atoms with van der Waals surface area (Å²) < 4.78 is 7.46. The molecule has 0 bridgehead atoms. The van der Waals surface area contributed by atoms with Crippen molar-refractivity contribution in [3.8, 4) is 5.88 Å². The maximum Gasteiger partial charge on any atom is 0.335 e. The molecule has 0 aliphatic carbocycles. The Bertz CT molecular complexity index is 590. The highest BCUT2D eigenvalue weighted by Gasteiger charge is 2.14. The van der Waals surface area contributed by atoms with Crippen LogP contribution in [-0.4, -0.2) is 27.5 Å². The van der Waals surface area contributed by atoms with E-state index in [1.807, 2.05) is 11.6 Å². The third-order valence-electron chi connectivity index (χ3n) is 2.94. The van der Waals surface area contributed by atoms with Gasteiger partial charge >= 0.3 is 5.97 Å². The van der Waals surface area contributed by atoms with Crippen molar-refractivity contribution in [1.29, 1.82) is 0 Å². The van der Waals surface area contributed by atoms with Gasteiger partial charge in [-0.3, -0.25) is 0 Å². The molecule has 0 radical (unpaired) electrons. The SMILES string of the molecule is CCCCn1nc2cc(C(=O)O)ccc2c1OCC. The summed E-state index contributed by atoms with van der Waals surface area (Å²) in [4.78, 5) is 11.0. The lowest BCUT2D eigenvalue weighted by molar-refractivity contribution is 0.0697. The van der Waals surface area contributed by atoms with Gasteiger partial charge in [-0.2, -0.15) is 5.10 Å². The molecule has 5 heteroatoms. The fourth-order valence-corrected chi connectivity index (χ4v) is 1.99. The molecule has 1 aromatic carbocycles. The number of carbonyl (C=O) groups is 1. The molecule has 0 atom stereocenters. The highest BCUT2D eigenvalue weighted by Crippen LogP contribution is 2.27. The number of carboxylic acids is 1. The second-order valence-electron chi connectivity index (χ2n) is 4.35. The van der Waals surface area contributed by atoms with Gasteiger partial charge in [0.1, 0.15) is 0 Å². The molecule has 19 heavy (non-hydrogen) atoms. The van der Waals surface area contributed by atoms with E-state index in [-0.39, 0.29) is 5.56 Å². The van der Waals surface area contributed by atoms with Crippen LogP contribution in [0.1, 0.15) is 37.0 Å². The van der Waals surface area contributed by atoms with Crippen LogP contribution in [-0.2, 0) is 6.54 Å². The van der Waals surface area contributed by atoms with Crippen molar-refractivity contribution < 1.29 is 14.6 Å². The molecule has 2 rings (SSSR count). The van der Waals surface area contributed by atoms with E-state index >= 15 is 0 Å². The highest BCUT2D eigenvalue weighted by molar-refractivity contribution is 5.94. The number of unbranched alkanes of at least 4 members (excludes halogenated alkanes) is 1. The Morgan fingerprint density at radius 1 is 1.42 bits per heavy atom. The Labute approximate surface area is 111 Å². The van der Waals surface area contributed by atoms with Crippen molar-refractivity contribution in [2.75, 3.05) is 6.61 Å². The quantitative estimate of drug-likeness (QED) is 0.869. The zero-order valence-corrected chi connectivity index (χ0v) is 11.2. The maximum atomic E-state index is 11.0. The average Bonchev–Trinajstić information content (AvgIpc) is 2.74. The van der Waals surface area contributed by atoms with Crippen molar-refractivity contribution in [2.24, 2.45) is 0 Å². The minimum absolute atomic E-state index is 0.246. The summed E-state index contributed by atoms with van der Waals surface area (Å²) in [5.41, 5.74) is 0.912. The molecule has 102 valence electrons. The van der Waals surface area contributed by atoms with Crippen LogP contribution in [0.15, 0.2) is 18.2 Å². The van der Waals surface area contributed by atoms with Crippen LogP contribution in [0, 0.1) is 0 Å². The summed E-state index contributed by atoms with van der Waals surface area (Å²) in [7, 11) is 0. The third kappa shape index (κ3) is 2.70. The molecule has 0 aliphatic heterocycles. The Morgan fingerprint density at radius 2 is 2.21 bits per heavy atom. The number of fused-ring (bicyclic) bond motifs is 1. The first-order valence-corrected chi connectivity index (χ1v) is 6.54. The van der Waals surface area contributed by atoms with Gasteiger partial charge in [-0.1, -0.05) is 13.3 Å². The maximum absolute atomic E-state index is 11.0. The molecule has 1 N–H and O–H groups in total. The van der Waals surface area contributed by atoms with Gasteiger partial charge in [0.25, 0.3) is 0 Å². The minimum atomic E-state index is -0.942. The van der Waals surface area contributed by atoms with Crippen LogP contribution in [0.4, 0.5) is 0 Å². The first kappa shape index (κ1) is 13.4. The number of hydrogen-bond acceptors (Lipinski definition) is 3. The van der Waals surface area contributed by atoms with E-state index in [0.29, 0.717) is 12.1 Å². The fourth-order valence-electron chi connectivity index (χ4n) is 1.99. The zero-order chi connectivity index (χ0) is 13.8. The number of rotatable bonds is 6. The average molecular weight is 262 g/mol. The number of aromatic nitrogens is 2. The molecule has 0 saturated heterocycles. The molecule has 0 amide bonds. The highest BCUT2D eigenvalue weighted by atomic mass is 16.5. The van der Waals surface area contributed by atoms with E-state index in [1.54, 1.807) is 18.2 Å². The second-order valence-corrected chi connectivity index (χ2v) is 4.35. The number of nitrogens with zero attached hydrogens (tertiary/aromatic N) is 2. The smallest absolute Gasteiger partial charge is 0.335 e. The van der Waals surface area contributed by atoms with Crippen LogP contribution in [0.5, 0.6) is 5.88 Å². The summed E-state index contributed by atoms with van der Waals surface area (Å²) in [6, 6.07) is 4.93. The van der Waals surface area contributed by atoms with E-state index in [9.17, 15) is 4.79 Å². The van der Waals surface area contributed by atoms with Gasteiger partial charge in [0, 0.05) is 6.54 Å². The lowest BCUT2D eigenvalue weighted by Crippen LogP contribution is -2.04. The summed E-state index contributed by atoms with van der Waals surface area (Å²) in [5, 5.41) is 14.3. The van der Waals surface area contributed by atoms with Crippen LogP contribution in [0.3, 0.4) is 0 Å². The van der Waals surface area contributed by atoms with Crippen molar-refractivity contribution in [2.45, 2.75) is 33.2 Å². The summed E-state index contributed by atoms with van der Waals surface area (Å²) in [6.45, 7) is 5.39. The van der Waals surface area contributed by atoms with Gasteiger partial charge in [-0.25, -0.2) is 9.48 Å². The topological polar surface area (TPSA) is 64.4 Å². The molecular formula is C14H18N2O3. The molecule has 0 aliphatic rings. The normalized spacial score (nSPS) is 10.8. The van der Waals surface area contributed by atoms with Gasteiger partial charge in [-0.15, -0.1) is 0 Å². The summed E-state index contributed by atoms with van der Waals surface area (Å²) in [5.74, 6) is -0.217. The van der Waals surface area contributed by atoms with Crippen molar-refractivity contribution in [1.82, 2.24) is 9.78 Å². The molecular weight excluding hydrogens is 244 g/mol. The predicted molar refractivity (Wildman–Crippen MR) is 72.8 cm³/mol. The Morgan fingerprint density at radius 3 is 2.84 bits per heavy atom. The summed E-state index contributed by atoms with van der Waals surface area (Å²) in [6.07, 6.45) is 2.09. The van der Waals surface area contributed by atoms with Crippen molar-refractivity contribution in [3.63, 3.8) is 0 Å². The van der Waals surface area contributed by atoms with Gasteiger partial charge in [0.05, 0.1) is 23.1 Å². The minimum Gasteiger partial charge on any atom is -0.478 e. The molecule has 1 heterocycles. The van der Waals surface area contributed by atoms with Crippen LogP contribution < -0.4 is 4.74 Å². The number of benzene rings is 1. The molecule has 0 saturated carbocycles. The monoisotopic (exact) mass is 262 g/mol. The fraction of sp³-hybridized carbons (Fsp3) is 0.429. The third-order valence-corrected chi connectivity index (χ3v) is 2.94. The predicted octanol–water partition coefficient (Wildman–Crippen LogP) is 2.93. The van der Waals surface area contributed by atoms with E-state index in [1.165, 1.54) is 0 Å². The second kappa shape index (κ2) is 5.73. The largest absolute Gasteiger partial charge is 0.478 e. The molecule has 2 aromatic rings. The van der Waals surface area contributed by atoms with Crippen LogP contribution in [0.25, 0.3) is 10.9 Å². The summed E-state index contributed by atoms with van der Waals surface area (Å²) >= 11 is 0. The first-order chi connectivity index (χ1) is 9.17. The molecule has 0 unspecified atom stereocenters. The van der Waals surface area contributed by atoms with Crippen molar-refractivity contribution in [3.05, 3.63) is 23.8 Å². The van der Waals surface area contributed by atoms with E-state index in [0.717, 1.165) is 30.7 Å². The molecule has 1 aromatic heterocycles. The number of aryl methyl sites for hydroxylation is 1. The van der Waals surface area contributed by atoms with Gasteiger partial charge in [0.15, 0.2) is 0 Å². The number of carboxylic acid groups (broad SMARTS) is 1. The standard InChI is InChI=1S/C14H18N2O3/c1-3-5-8-16-13(19-4-2)11-7-6-10(14(17)18)9-12(11)15-16/h6-7,9H,3-5,8H2,1-2H3,(H,17,18). The van der Waals surface area contributed by atoms with Gasteiger partial charge in [0.2, 0.25) is 5.88 Å². The van der Waals surface area contributed by atoms with Gasteiger partial charge in [-0.05, 0) is 31.5 Å². The van der Waals surface area contributed by atoms with Crippen LogP contribution in [0.2, 0.25) is 0 Å². The Hall–Kier alpha value is -2.04. The molecule has 0 fully saturated rings. The number of ether oxygens (including phenoxy) is 1. The van der Waals surface area contributed by atoms with E-state index < -0.39 is 5.97 Å². The Kier molecular flexibility index (Phi) is 4.04. The van der Waals surface area contributed by atoms with E-state index in [4.69, 9.17) is 9.84 Å².